The number of amides is 1. The van der Waals surface area contributed by atoms with Crippen LogP contribution in [0.3, 0.4) is 0 Å². The molecule has 0 saturated heterocycles. The first-order chi connectivity index (χ1) is 13.7. The van der Waals surface area contributed by atoms with Gasteiger partial charge in [0, 0.05) is 5.69 Å². The van der Waals surface area contributed by atoms with Crippen molar-refractivity contribution in [3.8, 4) is 16.9 Å². The summed E-state index contributed by atoms with van der Waals surface area (Å²) >= 11 is 0. The van der Waals surface area contributed by atoms with Crippen LogP contribution in [0.25, 0.3) is 11.1 Å². The number of anilines is 1. The van der Waals surface area contributed by atoms with Gasteiger partial charge in [-0.3, -0.25) is 4.79 Å². The van der Waals surface area contributed by atoms with Crippen molar-refractivity contribution in [3.05, 3.63) is 84.4 Å². The number of nitrogens with one attached hydrogen (secondary N) is 2. The summed E-state index contributed by atoms with van der Waals surface area (Å²) in [4.78, 5) is 12.0. The Hall–Kier alpha value is -3.60. The lowest BCUT2D eigenvalue weighted by Gasteiger charge is -2.07. The highest BCUT2D eigenvalue weighted by Crippen LogP contribution is 2.19. The first-order valence-corrected chi connectivity index (χ1v) is 9.02. The summed E-state index contributed by atoms with van der Waals surface area (Å²) < 4.78 is 5.11. The number of hydrogen-bond donors (Lipinski definition) is 2. The Kier molecular flexibility index (Phi) is 6.41. The predicted molar refractivity (Wildman–Crippen MR) is 114 cm³/mol. The minimum Gasteiger partial charge on any atom is -0.497 e. The molecule has 0 aliphatic rings. The molecular weight excluding hydrogens is 350 g/mol. The van der Waals surface area contributed by atoms with E-state index in [1.807, 2.05) is 61.5 Å². The fraction of sp³-hybridized carbons (Fsp3) is 0.130. The van der Waals surface area contributed by atoms with E-state index >= 15 is 0 Å². The lowest BCUT2D eigenvalue weighted by Crippen LogP contribution is -2.26. The van der Waals surface area contributed by atoms with E-state index in [0.717, 1.165) is 28.3 Å². The lowest BCUT2D eigenvalue weighted by molar-refractivity contribution is -0.119. The monoisotopic (exact) mass is 373 g/mol. The fourth-order valence-electron chi connectivity index (χ4n) is 2.68. The number of methoxy groups -OCH3 is 1. The van der Waals surface area contributed by atoms with Crippen LogP contribution < -0.4 is 15.5 Å². The molecule has 1 amide bonds. The quantitative estimate of drug-likeness (QED) is 0.479. The Balaban J connectivity index is 1.53. The molecule has 3 rings (SSSR count). The van der Waals surface area contributed by atoms with Gasteiger partial charge in [-0.15, -0.1) is 0 Å². The molecule has 0 radical (unpaired) electrons. The van der Waals surface area contributed by atoms with E-state index < -0.39 is 0 Å². The molecule has 0 bridgehead atoms. The van der Waals surface area contributed by atoms with Crippen LogP contribution in [0.1, 0.15) is 12.5 Å². The molecule has 0 unspecified atom stereocenters. The minimum atomic E-state index is -0.212. The molecule has 28 heavy (non-hydrogen) atoms. The number of ether oxygens (including phenoxy) is 1. The number of benzene rings is 3. The minimum absolute atomic E-state index is 0.135. The molecular formula is C23H23N3O2. The molecule has 3 aromatic rings. The van der Waals surface area contributed by atoms with E-state index in [2.05, 4.69) is 40.1 Å². The third kappa shape index (κ3) is 5.20. The van der Waals surface area contributed by atoms with Gasteiger partial charge in [-0.05, 0) is 47.9 Å². The Morgan fingerprint density at radius 3 is 2.18 bits per heavy atom. The zero-order chi connectivity index (χ0) is 19.8. The topological polar surface area (TPSA) is 62.7 Å². The summed E-state index contributed by atoms with van der Waals surface area (Å²) in [6.45, 7) is 2.00. The third-order valence-electron chi connectivity index (χ3n) is 4.30. The maximum absolute atomic E-state index is 12.0. The molecule has 2 N–H and O–H groups in total. The van der Waals surface area contributed by atoms with Crippen molar-refractivity contribution in [2.24, 2.45) is 5.10 Å². The smallest absolute Gasteiger partial charge is 0.259 e. The van der Waals surface area contributed by atoms with Gasteiger partial charge < -0.3 is 10.1 Å². The van der Waals surface area contributed by atoms with Crippen molar-refractivity contribution >= 4 is 17.3 Å². The fourth-order valence-corrected chi connectivity index (χ4v) is 2.68. The normalized spacial score (nSPS) is 11.0. The second kappa shape index (κ2) is 9.37. The number of nitrogens with zero attached hydrogens (tertiary/aromatic N) is 1. The van der Waals surface area contributed by atoms with Gasteiger partial charge in [-0.2, -0.15) is 5.10 Å². The highest BCUT2D eigenvalue weighted by atomic mass is 16.5. The van der Waals surface area contributed by atoms with Crippen LogP contribution in [0.15, 0.2) is 84.0 Å². The Bertz CT molecular complexity index is 934. The van der Waals surface area contributed by atoms with E-state index in [9.17, 15) is 4.79 Å². The predicted octanol–water partition coefficient (Wildman–Crippen LogP) is 4.31. The molecule has 5 nitrogen and oxygen atoms in total. The third-order valence-corrected chi connectivity index (χ3v) is 4.30. The first-order valence-electron chi connectivity index (χ1n) is 9.02. The Morgan fingerprint density at radius 1 is 0.893 bits per heavy atom. The largest absolute Gasteiger partial charge is 0.497 e. The molecule has 5 heteroatoms. The van der Waals surface area contributed by atoms with Crippen LogP contribution >= 0.6 is 0 Å². The summed E-state index contributed by atoms with van der Waals surface area (Å²) in [6, 6.07) is 25.7. The van der Waals surface area contributed by atoms with Crippen LogP contribution in [0, 0.1) is 0 Å². The second-order valence-electron chi connectivity index (χ2n) is 6.26. The zero-order valence-electron chi connectivity index (χ0n) is 16.0. The van der Waals surface area contributed by atoms with Gasteiger partial charge in [0.2, 0.25) is 0 Å². The van der Waals surface area contributed by atoms with Gasteiger partial charge in [0.25, 0.3) is 5.91 Å². The highest BCUT2D eigenvalue weighted by molar-refractivity contribution is 5.99. The van der Waals surface area contributed by atoms with Crippen molar-refractivity contribution < 1.29 is 9.53 Å². The van der Waals surface area contributed by atoms with Crippen molar-refractivity contribution in [1.82, 2.24) is 5.43 Å². The Labute approximate surface area is 165 Å². The summed E-state index contributed by atoms with van der Waals surface area (Å²) in [6.07, 6.45) is 0. The van der Waals surface area contributed by atoms with E-state index in [4.69, 9.17) is 4.74 Å². The van der Waals surface area contributed by atoms with E-state index in [1.54, 1.807) is 7.11 Å². The number of rotatable bonds is 7. The summed E-state index contributed by atoms with van der Waals surface area (Å²) in [7, 11) is 1.62. The van der Waals surface area contributed by atoms with Crippen molar-refractivity contribution in [2.45, 2.75) is 6.92 Å². The summed E-state index contributed by atoms with van der Waals surface area (Å²) in [5.74, 6) is 0.560. The zero-order valence-corrected chi connectivity index (χ0v) is 16.0. The van der Waals surface area contributed by atoms with Gasteiger partial charge in [0.1, 0.15) is 5.75 Å². The maximum atomic E-state index is 12.0. The molecule has 0 aliphatic heterocycles. The molecule has 0 heterocycles. The number of hydrazone groups is 1. The van der Waals surface area contributed by atoms with Gasteiger partial charge in [0.05, 0.1) is 19.4 Å². The molecule has 0 fully saturated rings. The second-order valence-corrected chi connectivity index (χ2v) is 6.26. The van der Waals surface area contributed by atoms with Crippen LogP contribution in [0.5, 0.6) is 5.75 Å². The van der Waals surface area contributed by atoms with Crippen molar-refractivity contribution in [2.75, 3.05) is 19.0 Å². The molecule has 0 saturated carbocycles. The molecule has 142 valence electrons. The first kappa shape index (κ1) is 19.2. The average molecular weight is 373 g/mol. The summed E-state index contributed by atoms with van der Waals surface area (Å²) in [5.41, 5.74) is 7.44. The standard InChI is InChI=1S/C23H23N3O2/c1-17(18-8-10-20(11-9-18)19-6-4-3-5-7-19)25-26-23(27)16-24-21-12-14-22(28-2)15-13-21/h3-15,24H,16H2,1-2H3,(H,26,27). The molecule has 0 aromatic heterocycles. The van der Waals surface area contributed by atoms with Crippen molar-refractivity contribution in [3.63, 3.8) is 0 Å². The van der Waals surface area contributed by atoms with Crippen LogP contribution in [-0.4, -0.2) is 25.3 Å². The highest BCUT2D eigenvalue weighted by Gasteiger charge is 2.03. The van der Waals surface area contributed by atoms with Crippen LogP contribution in [0.2, 0.25) is 0 Å². The van der Waals surface area contributed by atoms with Gasteiger partial charge in [0.15, 0.2) is 0 Å². The average Bonchev–Trinajstić information content (AvgIpc) is 2.77. The van der Waals surface area contributed by atoms with Gasteiger partial charge >= 0.3 is 0 Å². The van der Waals surface area contributed by atoms with E-state index in [-0.39, 0.29) is 12.5 Å². The number of carbonyl (C=O) groups is 1. The number of hydrogen-bond acceptors (Lipinski definition) is 4. The van der Waals surface area contributed by atoms with E-state index in [0.29, 0.717) is 0 Å². The lowest BCUT2D eigenvalue weighted by atomic mass is 10.0. The molecule has 0 aliphatic carbocycles. The van der Waals surface area contributed by atoms with E-state index in [1.165, 1.54) is 5.56 Å². The van der Waals surface area contributed by atoms with Crippen LogP contribution in [0.4, 0.5) is 5.69 Å². The Morgan fingerprint density at radius 2 is 1.54 bits per heavy atom. The van der Waals surface area contributed by atoms with Gasteiger partial charge in [-0.25, -0.2) is 5.43 Å². The molecule has 3 aromatic carbocycles. The molecule has 0 atom stereocenters. The summed E-state index contributed by atoms with van der Waals surface area (Å²) in [5, 5.41) is 7.24. The van der Waals surface area contributed by atoms with Crippen molar-refractivity contribution in [1.29, 1.82) is 0 Å². The number of carbonyl (C=O) groups excluding carboxylic acids is 1. The SMILES string of the molecule is COc1ccc(NCC(=O)NN=C(C)c2ccc(-c3ccccc3)cc2)cc1. The van der Waals surface area contributed by atoms with Crippen LogP contribution in [-0.2, 0) is 4.79 Å². The van der Waals surface area contributed by atoms with Gasteiger partial charge in [-0.1, -0.05) is 54.6 Å². The maximum Gasteiger partial charge on any atom is 0.259 e. The molecule has 0 spiro atoms.